The van der Waals surface area contributed by atoms with Crippen molar-refractivity contribution in [1.29, 1.82) is 0 Å². The Hall–Kier alpha value is -2.36. The zero-order chi connectivity index (χ0) is 18.8. The van der Waals surface area contributed by atoms with Crippen LogP contribution in [0.3, 0.4) is 0 Å². The van der Waals surface area contributed by atoms with Crippen LogP contribution < -0.4 is 20.7 Å². The summed E-state index contributed by atoms with van der Waals surface area (Å²) in [5.41, 5.74) is 0.258. The normalized spacial score (nSPS) is 22.1. The van der Waals surface area contributed by atoms with Crippen LogP contribution in [-0.4, -0.2) is 30.4 Å². The molecule has 1 aliphatic rings. The monoisotopic (exact) mass is 363 g/mol. The van der Waals surface area contributed by atoms with Crippen LogP contribution in [0, 0.1) is 5.82 Å². The molecule has 10 heteroatoms. The summed E-state index contributed by atoms with van der Waals surface area (Å²) in [4.78, 5) is 23.6. The van der Waals surface area contributed by atoms with Crippen LogP contribution in [0.25, 0.3) is 0 Å². The lowest BCUT2D eigenvalue weighted by Gasteiger charge is -2.29. The molecule has 3 N–H and O–H groups in total. The highest BCUT2D eigenvalue weighted by Gasteiger charge is 2.33. The number of hydrogen-bond acceptors (Lipinski definition) is 4. The molecule has 1 saturated heterocycles. The fraction of sp³-hybridized carbons (Fsp3) is 0.467. The van der Waals surface area contributed by atoms with Crippen molar-refractivity contribution in [3.05, 3.63) is 29.6 Å². The molecule has 2 rings (SSSR count). The third kappa shape index (κ3) is 5.31. The lowest BCUT2D eigenvalue weighted by molar-refractivity contribution is -0.275. The third-order valence-electron chi connectivity index (χ3n) is 3.58. The molecule has 1 aliphatic heterocycles. The Morgan fingerprint density at radius 1 is 1.40 bits per heavy atom. The first-order valence-corrected chi connectivity index (χ1v) is 7.46. The molecule has 0 radical (unpaired) electrons. The number of nitrogens with one attached hydrogen (secondary N) is 3. The minimum atomic E-state index is -4.99. The molecular weight excluding hydrogens is 346 g/mol. The minimum absolute atomic E-state index is 0.0460. The molecule has 0 aliphatic carbocycles. The summed E-state index contributed by atoms with van der Waals surface area (Å²) in [5, 5.41) is 8.07. The SMILES string of the molecule is CC1NC(=O)CC(C(=O)N[C@H](C)c2ccc(OC(F)(F)F)c(F)c2)N1. The lowest BCUT2D eigenvalue weighted by atomic mass is 10.1. The van der Waals surface area contributed by atoms with Crippen molar-refractivity contribution in [3.63, 3.8) is 0 Å². The molecule has 0 aromatic heterocycles. The lowest BCUT2D eigenvalue weighted by Crippen LogP contribution is -2.59. The average Bonchev–Trinajstić information content (AvgIpc) is 2.46. The molecule has 1 aromatic carbocycles. The van der Waals surface area contributed by atoms with E-state index in [0.717, 1.165) is 12.1 Å². The topological polar surface area (TPSA) is 79.5 Å². The number of alkyl halides is 3. The quantitative estimate of drug-likeness (QED) is 0.712. The number of ether oxygens (including phenoxy) is 1. The molecular formula is C15H17F4N3O3. The van der Waals surface area contributed by atoms with Crippen molar-refractivity contribution in [3.8, 4) is 5.75 Å². The van der Waals surface area contributed by atoms with Crippen LogP contribution in [-0.2, 0) is 9.59 Å². The van der Waals surface area contributed by atoms with Gasteiger partial charge in [-0.1, -0.05) is 6.07 Å². The van der Waals surface area contributed by atoms with Gasteiger partial charge in [-0.05, 0) is 31.5 Å². The molecule has 25 heavy (non-hydrogen) atoms. The molecule has 138 valence electrons. The maximum atomic E-state index is 13.7. The van der Waals surface area contributed by atoms with Gasteiger partial charge in [-0.15, -0.1) is 13.2 Å². The van der Waals surface area contributed by atoms with Crippen molar-refractivity contribution in [2.24, 2.45) is 0 Å². The van der Waals surface area contributed by atoms with E-state index in [1.807, 2.05) is 0 Å². The smallest absolute Gasteiger partial charge is 0.403 e. The highest BCUT2D eigenvalue weighted by molar-refractivity contribution is 5.89. The van der Waals surface area contributed by atoms with E-state index >= 15 is 0 Å². The van der Waals surface area contributed by atoms with Crippen LogP contribution in [0.4, 0.5) is 17.6 Å². The van der Waals surface area contributed by atoms with Crippen LogP contribution in [0.1, 0.15) is 31.9 Å². The first-order chi connectivity index (χ1) is 11.5. The molecule has 0 spiro atoms. The van der Waals surface area contributed by atoms with Gasteiger partial charge in [-0.3, -0.25) is 14.9 Å². The summed E-state index contributed by atoms with van der Waals surface area (Å²) in [6.45, 7) is 3.22. The van der Waals surface area contributed by atoms with E-state index in [1.54, 1.807) is 13.8 Å². The average molecular weight is 363 g/mol. The Balaban J connectivity index is 2.03. The van der Waals surface area contributed by atoms with E-state index in [4.69, 9.17) is 0 Å². The number of halogens is 4. The summed E-state index contributed by atoms with van der Waals surface area (Å²) in [7, 11) is 0. The summed E-state index contributed by atoms with van der Waals surface area (Å²) in [5.74, 6) is -2.89. The Kier molecular flexibility index (Phi) is 5.51. The van der Waals surface area contributed by atoms with Crippen molar-refractivity contribution < 1.29 is 31.9 Å². The fourth-order valence-electron chi connectivity index (χ4n) is 2.45. The van der Waals surface area contributed by atoms with Crippen LogP contribution in [0.5, 0.6) is 5.75 Å². The van der Waals surface area contributed by atoms with Crippen LogP contribution >= 0.6 is 0 Å². The third-order valence-corrected chi connectivity index (χ3v) is 3.58. The molecule has 0 saturated carbocycles. The van der Waals surface area contributed by atoms with Crippen molar-refractivity contribution in [2.75, 3.05) is 0 Å². The standard InChI is InChI=1S/C15H17F4N3O3/c1-7(20-14(24)11-6-13(23)22-8(2)21-11)9-3-4-12(10(16)5-9)25-15(17,18)19/h3-5,7-8,11,21H,6H2,1-2H3,(H,20,24)(H,22,23)/t7-,8?,11?/m1/s1. The van der Waals surface area contributed by atoms with E-state index in [1.165, 1.54) is 6.07 Å². The predicted octanol–water partition coefficient (Wildman–Crippen LogP) is 1.73. The van der Waals surface area contributed by atoms with Gasteiger partial charge < -0.3 is 15.4 Å². The number of benzene rings is 1. The van der Waals surface area contributed by atoms with Gasteiger partial charge >= 0.3 is 6.36 Å². The first-order valence-electron chi connectivity index (χ1n) is 7.46. The van der Waals surface area contributed by atoms with Gasteiger partial charge in [-0.25, -0.2) is 4.39 Å². The maximum Gasteiger partial charge on any atom is 0.573 e. The van der Waals surface area contributed by atoms with Crippen molar-refractivity contribution >= 4 is 11.8 Å². The molecule has 6 nitrogen and oxygen atoms in total. The van der Waals surface area contributed by atoms with Crippen molar-refractivity contribution in [2.45, 2.75) is 44.9 Å². The Morgan fingerprint density at radius 2 is 2.08 bits per heavy atom. The number of hydrogen-bond donors (Lipinski definition) is 3. The van der Waals surface area contributed by atoms with E-state index in [0.29, 0.717) is 0 Å². The predicted molar refractivity (Wildman–Crippen MR) is 78.8 cm³/mol. The second-order valence-corrected chi connectivity index (χ2v) is 5.68. The highest BCUT2D eigenvalue weighted by atomic mass is 19.4. The van der Waals surface area contributed by atoms with Gasteiger partial charge in [0.15, 0.2) is 11.6 Å². The number of amides is 2. The fourth-order valence-corrected chi connectivity index (χ4v) is 2.45. The van der Waals surface area contributed by atoms with Gasteiger partial charge in [0.2, 0.25) is 11.8 Å². The Bertz CT molecular complexity index is 666. The Morgan fingerprint density at radius 3 is 2.64 bits per heavy atom. The molecule has 0 bridgehead atoms. The van der Waals surface area contributed by atoms with Gasteiger partial charge in [0.25, 0.3) is 0 Å². The van der Waals surface area contributed by atoms with Crippen LogP contribution in [0.15, 0.2) is 18.2 Å². The van der Waals surface area contributed by atoms with E-state index < -0.39 is 35.9 Å². The van der Waals surface area contributed by atoms with Gasteiger partial charge in [0.05, 0.1) is 24.7 Å². The molecule has 2 unspecified atom stereocenters. The molecule has 1 aromatic rings. The van der Waals surface area contributed by atoms with Crippen molar-refractivity contribution in [1.82, 2.24) is 16.0 Å². The molecule has 3 atom stereocenters. The largest absolute Gasteiger partial charge is 0.573 e. The van der Waals surface area contributed by atoms with E-state index in [-0.39, 0.29) is 24.1 Å². The summed E-state index contributed by atoms with van der Waals surface area (Å²) in [6, 6.07) is 1.50. The zero-order valence-corrected chi connectivity index (χ0v) is 13.4. The molecule has 1 fully saturated rings. The molecule has 2 amide bonds. The van der Waals surface area contributed by atoms with Gasteiger partial charge in [-0.2, -0.15) is 0 Å². The number of carbonyl (C=O) groups is 2. The number of rotatable bonds is 4. The van der Waals surface area contributed by atoms with Gasteiger partial charge in [0.1, 0.15) is 0 Å². The number of carbonyl (C=O) groups excluding carboxylic acids is 2. The minimum Gasteiger partial charge on any atom is -0.403 e. The summed E-state index contributed by atoms with van der Waals surface area (Å²) < 4.78 is 53.7. The van der Waals surface area contributed by atoms with Crippen LogP contribution in [0.2, 0.25) is 0 Å². The second-order valence-electron chi connectivity index (χ2n) is 5.68. The summed E-state index contributed by atoms with van der Waals surface area (Å²) in [6.07, 6.45) is -5.41. The zero-order valence-electron chi connectivity index (χ0n) is 13.4. The summed E-state index contributed by atoms with van der Waals surface area (Å²) >= 11 is 0. The maximum absolute atomic E-state index is 13.7. The van der Waals surface area contributed by atoms with E-state index in [9.17, 15) is 27.2 Å². The second kappa shape index (κ2) is 7.26. The Labute approximate surface area is 140 Å². The van der Waals surface area contributed by atoms with Gasteiger partial charge in [0, 0.05) is 0 Å². The van der Waals surface area contributed by atoms with E-state index in [2.05, 4.69) is 20.7 Å². The molecule has 1 heterocycles. The first kappa shape index (κ1) is 19.0. The highest BCUT2D eigenvalue weighted by Crippen LogP contribution is 2.27.